The number of nitrogens with one attached hydrogen (secondary N) is 2. The topological polar surface area (TPSA) is 60.5 Å². The summed E-state index contributed by atoms with van der Waals surface area (Å²) in [5, 5.41) is 6.53. The largest absolute Gasteiger partial charge is 0.354 e. The first-order chi connectivity index (χ1) is 12.6. The van der Waals surface area contributed by atoms with Gasteiger partial charge < -0.3 is 20.4 Å². The lowest BCUT2D eigenvalue weighted by atomic mass is 9.85. The number of hydrogen-bond acceptors (Lipinski definition) is 5. The molecule has 0 aromatic carbocycles. The maximum absolute atomic E-state index is 12.3. The van der Waals surface area contributed by atoms with Crippen molar-refractivity contribution < 1.29 is 4.79 Å². The summed E-state index contributed by atoms with van der Waals surface area (Å²) in [6.07, 6.45) is 4.93. The summed E-state index contributed by atoms with van der Waals surface area (Å²) in [6.45, 7) is 9.10. The van der Waals surface area contributed by atoms with Crippen LogP contribution in [0.2, 0.25) is 0 Å². The predicted octanol–water partition coefficient (Wildman–Crippen LogP) is 2.74. The average molecular weight is 469 g/mol. The number of piperidine rings is 1. The van der Waals surface area contributed by atoms with Crippen LogP contribution >= 0.6 is 37.2 Å². The van der Waals surface area contributed by atoms with Gasteiger partial charge in [0.15, 0.2) is 0 Å². The van der Waals surface area contributed by atoms with Crippen LogP contribution in [0, 0.1) is 11.8 Å². The minimum atomic E-state index is 0. The molecule has 168 valence electrons. The molecule has 1 aromatic rings. The highest BCUT2D eigenvalue weighted by Crippen LogP contribution is 2.22. The van der Waals surface area contributed by atoms with Crippen molar-refractivity contribution in [3.8, 4) is 0 Å². The van der Waals surface area contributed by atoms with Gasteiger partial charge in [-0.3, -0.25) is 4.79 Å². The Kier molecular flexibility index (Phi) is 13.9. The van der Waals surface area contributed by atoms with E-state index in [2.05, 4.69) is 45.5 Å². The predicted molar refractivity (Wildman–Crippen MR) is 127 cm³/mol. The average Bonchev–Trinajstić information content (AvgIpc) is 2.68. The van der Waals surface area contributed by atoms with Crippen LogP contribution in [0.4, 0.5) is 5.82 Å². The number of likely N-dealkylation sites (N-methyl/N-ethyl adjacent to an activating group) is 1. The summed E-state index contributed by atoms with van der Waals surface area (Å²) in [4.78, 5) is 21.5. The summed E-state index contributed by atoms with van der Waals surface area (Å²) >= 11 is 0. The molecule has 3 heterocycles. The van der Waals surface area contributed by atoms with Crippen LogP contribution in [0.15, 0.2) is 18.3 Å². The molecule has 2 N–H and O–H groups in total. The second kappa shape index (κ2) is 14.3. The zero-order chi connectivity index (χ0) is 18.4. The number of carbonyl (C=O) groups excluding carboxylic acids is 1. The van der Waals surface area contributed by atoms with Gasteiger partial charge in [-0.25, -0.2) is 4.98 Å². The summed E-state index contributed by atoms with van der Waals surface area (Å²) in [5.74, 6) is 2.23. The van der Waals surface area contributed by atoms with Crippen LogP contribution < -0.4 is 15.5 Å². The third-order valence-electron chi connectivity index (χ3n) is 5.77. The van der Waals surface area contributed by atoms with Crippen LogP contribution in [0.5, 0.6) is 0 Å². The van der Waals surface area contributed by atoms with Crippen molar-refractivity contribution in [1.29, 1.82) is 0 Å². The molecule has 2 atom stereocenters. The van der Waals surface area contributed by atoms with E-state index >= 15 is 0 Å². The summed E-state index contributed by atoms with van der Waals surface area (Å²) in [6, 6.07) is 4.11. The first-order valence-electron chi connectivity index (χ1n) is 9.97. The summed E-state index contributed by atoms with van der Waals surface area (Å²) < 4.78 is 0. The normalized spacial score (nSPS) is 20.5. The standard InChI is InChI=1S/C20H33N5O.3ClH/c1-16(18-4-3-6-21-15-18)12-20(26)23-14-17-5-7-22-19(13-17)25-10-8-24(2)9-11-25;;;/h5,7,13,16,18,21H,3-4,6,8-12,14-15H2,1-2H3,(H,23,26);3*1H. The Balaban J connectivity index is 0.00000261. The van der Waals surface area contributed by atoms with Crippen molar-refractivity contribution in [1.82, 2.24) is 20.5 Å². The fourth-order valence-corrected chi connectivity index (χ4v) is 3.88. The Morgan fingerprint density at radius 1 is 1.28 bits per heavy atom. The Labute approximate surface area is 193 Å². The zero-order valence-corrected chi connectivity index (χ0v) is 19.9. The fraction of sp³-hybridized carbons (Fsp3) is 0.700. The molecule has 3 rings (SSSR count). The monoisotopic (exact) mass is 467 g/mol. The summed E-state index contributed by atoms with van der Waals surface area (Å²) in [5.41, 5.74) is 1.12. The molecule has 2 aliphatic rings. The van der Waals surface area contributed by atoms with E-state index in [0.29, 0.717) is 24.8 Å². The molecular weight excluding hydrogens is 433 g/mol. The van der Waals surface area contributed by atoms with Gasteiger partial charge in [0, 0.05) is 45.3 Å². The Morgan fingerprint density at radius 3 is 2.66 bits per heavy atom. The molecule has 6 nitrogen and oxygen atoms in total. The molecule has 0 aliphatic carbocycles. The first-order valence-corrected chi connectivity index (χ1v) is 9.97. The first kappa shape index (κ1) is 28.2. The van der Waals surface area contributed by atoms with Gasteiger partial charge in [0.1, 0.15) is 5.82 Å². The highest BCUT2D eigenvalue weighted by atomic mass is 35.5. The van der Waals surface area contributed by atoms with Crippen molar-refractivity contribution in [2.45, 2.75) is 32.7 Å². The van der Waals surface area contributed by atoms with Crippen LogP contribution in [0.1, 0.15) is 31.7 Å². The molecular formula is C20H36Cl3N5O. The van der Waals surface area contributed by atoms with E-state index < -0.39 is 0 Å². The molecule has 0 bridgehead atoms. The van der Waals surface area contributed by atoms with Crippen molar-refractivity contribution in [2.24, 2.45) is 11.8 Å². The van der Waals surface area contributed by atoms with E-state index in [1.165, 1.54) is 12.8 Å². The number of rotatable bonds is 6. The van der Waals surface area contributed by atoms with Gasteiger partial charge in [-0.05, 0) is 62.5 Å². The third kappa shape index (κ3) is 8.85. The molecule has 2 aliphatic heterocycles. The number of piperazine rings is 1. The lowest BCUT2D eigenvalue weighted by Gasteiger charge is -2.33. The molecule has 1 amide bonds. The maximum atomic E-state index is 12.3. The minimum Gasteiger partial charge on any atom is -0.354 e. The third-order valence-corrected chi connectivity index (χ3v) is 5.77. The molecule has 2 saturated heterocycles. The molecule has 2 unspecified atom stereocenters. The molecule has 9 heteroatoms. The van der Waals surface area contributed by atoms with Gasteiger partial charge in [-0.2, -0.15) is 0 Å². The highest BCUT2D eigenvalue weighted by Gasteiger charge is 2.22. The van der Waals surface area contributed by atoms with Crippen molar-refractivity contribution in [3.05, 3.63) is 23.9 Å². The van der Waals surface area contributed by atoms with E-state index in [9.17, 15) is 4.79 Å². The lowest BCUT2D eigenvalue weighted by molar-refractivity contribution is -0.122. The van der Waals surface area contributed by atoms with E-state index in [1.54, 1.807) is 0 Å². The number of pyridine rings is 1. The minimum absolute atomic E-state index is 0. The number of aromatic nitrogens is 1. The number of carbonyl (C=O) groups is 1. The Bertz CT molecular complexity index is 593. The van der Waals surface area contributed by atoms with E-state index in [4.69, 9.17) is 0 Å². The summed E-state index contributed by atoms with van der Waals surface area (Å²) in [7, 11) is 2.15. The Morgan fingerprint density at radius 2 is 2.00 bits per heavy atom. The van der Waals surface area contributed by atoms with Crippen LogP contribution in [-0.4, -0.2) is 62.1 Å². The van der Waals surface area contributed by atoms with Gasteiger partial charge in [0.2, 0.25) is 5.91 Å². The van der Waals surface area contributed by atoms with Crippen molar-refractivity contribution in [2.75, 3.05) is 51.2 Å². The number of anilines is 1. The smallest absolute Gasteiger partial charge is 0.220 e. The van der Waals surface area contributed by atoms with Gasteiger partial charge in [0.05, 0.1) is 0 Å². The number of nitrogens with zero attached hydrogens (tertiary/aromatic N) is 3. The molecule has 0 saturated carbocycles. The highest BCUT2D eigenvalue weighted by molar-refractivity contribution is 5.86. The number of hydrogen-bond donors (Lipinski definition) is 2. The molecule has 0 radical (unpaired) electrons. The fourth-order valence-electron chi connectivity index (χ4n) is 3.88. The van der Waals surface area contributed by atoms with Crippen LogP contribution in [-0.2, 0) is 11.3 Å². The quantitative estimate of drug-likeness (QED) is 0.672. The molecule has 0 spiro atoms. The SMILES string of the molecule is CC(CC(=O)NCc1ccnc(N2CCN(C)CC2)c1)C1CCCNC1.Cl.Cl.Cl. The lowest BCUT2D eigenvalue weighted by Crippen LogP contribution is -2.44. The van der Waals surface area contributed by atoms with Crippen LogP contribution in [0.3, 0.4) is 0 Å². The number of amides is 1. The van der Waals surface area contributed by atoms with E-state index in [1.807, 2.05) is 12.3 Å². The molecule has 29 heavy (non-hydrogen) atoms. The van der Waals surface area contributed by atoms with E-state index in [-0.39, 0.29) is 43.1 Å². The van der Waals surface area contributed by atoms with Gasteiger partial charge in [0.25, 0.3) is 0 Å². The number of halogens is 3. The van der Waals surface area contributed by atoms with E-state index in [0.717, 1.165) is 50.6 Å². The zero-order valence-electron chi connectivity index (χ0n) is 17.4. The van der Waals surface area contributed by atoms with Crippen molar-refractivity contribution >= 4 is 48.9 Å². The van der Waals surface area contributed by atoms with Gasteiger partial charge >= 0.3 is 0 Å². The molecule has 2 fully saturated rings. The van der Waals surface area contributed by atoms with Crippen LogP contribution in [0.25, 0.3) is 0 Å². The maximum Gasteiger partial charge on any atom is 0.220 e. The second-order valence-electron chi connectivity index (χ2n) is 7.88. The van der Waals surface area contributed by atoms with Gasteiger partial charge in [-0.15, -0.1) is 37.2 Å². The van der Waals surface area contributed by atoms with Crippen molar-refractivity contribution in [3.63, 3.8) is 0 Å². The Hall–Kier alpha value is -0.790. The molecule has 1 aromatic heterocycles. The second-order valence-corrected chi connectivity index (χ2v) is 7.88. The van der Waals surface area contributed by atoms with Gasteiger partial charge in [-0.1, -0.05) is 6.92 Å².